The molecule has 0 aromatic heterocycles. The smallest absolute Gasteiger partial charge is 0.275 e. The van der Waals surface area contributed by atoms with Crippen LogP contribution in [0.1, 0.15) is 22.8 Å². The number of ether oxygens (including phenoxy) is 2. The Hall–Kier alpha value is -3.94. The minimum atomic E-state index is -0.508. The fourth-order valence-electron chi connectivity index (χ4n) is 2.82. The molecule has 148 valence electrons. The second kappa shape index (κ2) is 8.83. The predicted octanol–water partition coefficient (Wildman–Crippen LogP) is 3.92. The third kappa shape index (κ3) is 4.49. The van der Waals surface area contributed by atoms with E-state index in [4.69, 9.17) is 9.47 Å². The Labute approximate surface area is 166 Å². The summed E-state index contributed by atoms with van der Waals surface area (Å²) in [5, 5.41) is 16.8. The molecule has 0 aliphatic heterocycles. The van der Waals surface area contributed by atoms with Gasteiger partial charge < -0.3 is 9.47 Å². The van der Waals surface area contributed by atoms with Crippen LogP contribution in [0.5, 0.6) is 11.5 Å². The minimum Gasteiger partial charge on any atom is -0.496 e. The van der Waals surface area contributed by atoms with E-state index in [0.717, 1.165) is 10.8 Å². The molecule has 0 atom stereocenters. The summed E-state index contributed by atoms with van der Waals surface area (Å²) in [5.74, 6) is 0.383. The Balaban J connectivity index is 1.85. The van der Waals surface area contributed by atoms with E-state index in [1.165, 1.54) is 31.5 Å². The van der Waals surface area contributed by atoms with Crippen LogP contribution in [0, 0.1) is 10.1 Å². The maximum atomic E-state index is 12.6. The Morgan fingerprint density at radius 3 is 2.52 bits per heavy atom. The second-order valence-corrected chi connectivity index (χ2v) is 6.01. The Morgan fingerprint density at radius 2 is 1.86 bits per heavy atom. The summed E-state index contributed by atoms with van der Waals surface area (Å²) in [4.78, 5) is 23.1. The molecule has 3 aromatic carbocycles. The van der Waals surface area contributed by atoms with Crippen molar-refractivity contribution in [2.45, 2.75) is 6.92 Å². The number of nitrogens with zero attached hydrogens (tertiary/aromatic N) is 2. The first-order valence-electron chi connectivity index (χ1n) is 8.85. The molecule has 29 heavy (non-hydrogen) atoms. The van der Waals surface area contributed by atoms with Crippen molar-refractivity contribution in [1.82, 2.24) is 5.43 Å². The molecule has 0 saturated carbocycles. The maximum Gasteiger partial charge on any atom is 0.275 e. The van der Waals surface area contributed by atoms with Crippen molar-refractivity contribution < 1.29 is 19.2 Å². The number of benzene rings is 3. The second-order valence-electron chi connectivity index (χ2n) is 6.01. The first-order valence-corrected chi connectivity index (χ1v) is 8.85. The molecule has 3 rings (SSSR count). The van der Waals surface area contributed by atoms with Gasteiger partial charge in [-0.25, -0.2) is 5.43 Å². The lowest BCUT2D eigenvalue weighted by Crippen LogP contribution is -2.18. The molecule has 8 heteroatoms. The average Bonchev–Trinajstić information content (AvgIpc) is 2.73. The molecule has 0 spiro atoms. The monoisotopic (exact) mass is 393 g/mol. The summed E-state index contributed by atoms with van der Waals surface area (Å²) in [7, 11) is 1.49. The van der Waals surface area contributed by atoms with E-state index in [-0.39, 0.29) is 5.69 Å². The minimum absolute atomic E-state index is 0.0996. The van der Waals surface area contributed by atoms with Gasteiger partial charge in [0.15, 0.2) is 0 Å². The molecular weight excluding hydrogens is 374 g/mol. The summed E-state index contributed by atoms with van der Waals surface area (Å²) in [6.07, 6.45) is 1.31. The number of rotatable bonds is 7. The van der Waals surface area contributed by atoms with Gasteiger partial charge in [0.1, 0.15) is 11.5 Å². The van der Waals surface area contributed by atoms with Crippen molar-refractivity contribution in [3.05, 3.63) is 75.8 Å². The summed E-state index contributed by atoms with van der Waals surface area (Å²) in [6.45, 7) is 2.19. The topological polar surface area (TPSA) is 103 Å². The van der Waals surface area contributed by atoms with Crippen molar-refractivity contribution in [2.75, 3.05) is 13.7 Å². The van der Waals surface area contributed by atoms with Gasteiger partial charge in [-0.1, -0.05) is 24.3 Å². The molecule has 0 aliphatic rings. The average molecular weight is 393 g/mol. The van der Waals surface area contributed by atoms with E-state index < -0.39 is 10.8 Å². The molecule has 1 N–H and O–H groups in total. The number of nitro groups is 1. The van der Waals surface area contributed by atoms with Crippen molar-refractivity contribution in [3.8, 4) is 11.5 Å². The molecule has 0 aliphatic carbocycles. The van der Waals surface area contributed by atoms with Crippen molar-refractivity contribution >= 4 is 28.6 Å². The van der Waals surface area contributed by atoms with Crippen LogP contribution in [-0.4, -0.2) is 30.8 Å². The molecular formula is C21H19N3O5. The highest BCUT2D eigenvalue weighted by molar-refractivity contribution is 6.02. The zero-order valence-electron chi connectivity index (χ0n) is 15.9. The number of hydrogen-bond acceptors (Lipinski definition) is 6. The maximum absolute atomic E-state index is 12.6. The SMILES string of the molecule is CCOc1ccc([N+](=O)[O-])cc1C=NNC(=O)c1cc2ccccc2cc1OC. The number of fused-ring (bicyclic) bond motifs is 1. The van der Waals surface area contributed by atoms with Crippen LogP contribution in [0.15, 0.2) is 59.7 Å². The third-order valence-corrected chi connectivity index (χ3v) is 4.19. The third-order valence-electron chi connectivity index (χ3n) is 4.19. The molecule has 0 heterocycles. The molecule has 0 fully saturated rings. The Kier molecular flexibility index (Phi) is 6.03. The molecule has 0 radical (unpaired) electrons. The summed E-state index contributed by atoms with van der Waals surface area (Å²) >= 11 is 0. The highest BCUT2D eigenvalue weighted by atomic mass is 16.6. The number of carbonyl (C=O) groups excluding carboxylic acids is 1. The highest BCUT2D eigenvalue weighted by Gasteiger charge is 2.14. The van der Waals surface area contributed by atoms with E-state index in [1.54, 1.807) is 19.1 Å². The van der Waals surface area contributed by atoms with Crippen LogP contribution < -0.4 is 14.9 Å². The van der Waals surface area contributed by atoms with Gasteiger partial charge in [-0.3, -0.25) is 14.9 Å². The van der Waals surface area contributed by atoms with Gasteiger partial charge in [-0.15, -0.1) is 0 Å². The van der Waals surface area contributed by atoms with Crippen LogP contribution in [0.3, 0.4) is 0 Å². The number of carbonyl (C=O) groups is 1. The van der Waals surface area contributed by atoms with Gasteiger partial charge >= 0.3 is 0 Å². The number of non-ortho nitro benzene ring substituents is 1. The zero-order valence-corrected chi connectivity index (χ0v) is 15.9. The molecule has 0 bridgehead atoms. The lowest BCUT2D eigenvalue weighted by molar-refractivity contribution is -0.384. The van der Waals surface area contributed by atoms with Crippen LogP contribution in [-0.2, 0) is 0 Å². The summed E-state index contributed by atoms with van der Waals surface area (Å²) < 4.78 is 10.8. The number of methoxy groups -OCH3 is 1. The van der Waals surface area contributed by atoms with Crippen LogP contribution in [0.4, 0.5) is 5.69 Å². The molecule has 1 amide bonds. The van der Waals surface area contributed by atoms with E-state index in [2.05, 4.69) is 10.5 Å². The van der Waals surface area contributed by atoms with E-state index in [9.17, 15) is 14.9 Å². The molecule has 0 unspecified atom stereocenters. The Morgan fingerprint density at radius 1 is 1.14 bits per heavy atom. The number of hydrogen-bond donors (Lipinski definition) is 1. The number of amides is 1. The fraction of sp³-hybridized carbons (Fsp3) is 0.143. The van der Waals surface area contributed by atoms with E-state index in [0.29, 0.717) is 29.2 Å². The van der Waals surface area contributed by atoms with Crippen LogP contribution in [0.25, 0.3) is 10.8 Å². The van der Waals surface area contributed by atoms with E-state index >= 15 is 0 Å². The first kappa shape index (κ1) is 19.8. The van der Waals surface area contributed by atoms with Gasteiger partial charge in [0, 0.05) is 17.7 Å². The number of nitro benzene ring substituents is 1. The summed E-state index contributed by atoms with van der Waals surface area (Å²) in [5.41, 5.74) is 3.04. The molecule has 8 nitrogen and oxygen atoms in total. The largest absolute Gasteiger partial charge is 0.496 e. The quantitative estimate of drug-likeness (QED) is 0.372. The first-order chi connectivity index (χ1) is 14.0. The summed E-state index contributed by atoms with van der Waals surface area (Å²) in [6, 6.07) is 15.3. The normalized spacial score (nSPS) is 10.8. The van der Waals surface area contributed by atoms with Crippen LogP contribution in [0.2, 0.25) is 0 Å². The lowest BCUT2D eigenvalue weighted by Gasteiger charge is -2.09. The zero-order chi connectivity index (χ0) is 20.8. The predicted molar refractivity (Wildman–Crippen MR) is 110 cm³/mol. The van der Waals surface area contributed by atoms with Crippen molar-refractivity contribution in [1.29, 1.82) is 0 Å². The van der Waals surface area contributed by atoms with Crippen molar-refractivity contribution in [3.63, 3.8) is 0 Å². The highest BCUT2D eigenvalue weighted by Crippen LogP contribution is 2.26. The standard InChI is InChI=1S/C21H19N3O5/c1-3-29-19-9-8-17(24(26)27)10-16(19)13-22-23-21(25)18-11-14-6-4-5-7-15(14)12-20(18)28-2/h4-13H,3H2,1-2H3,(H,23,25). The number of hydrazone groups is 1. The van der Waals surface area contributed by atoms with Gasteiger partial charge in [0.25, 0.3) is 11.6 Å². The lowest BCUT2D eigenvalue weighted by atomic mass is 10.1. The van der Waals surface area contributed by atoms with Crippen LogP contribution >= 0.6 is 0 Å². The fourth-order valence-corrected chi connectivity index (χ4v) is 2.82. The molecule has 0 saturated heterocycles. The van der Waals surface area contributed by atoms with Gasteiger partial charge in [0.05, 0.1) is 30.4 Å². The van der Waals surface area contributed by atoms with Gasteiger partial charge in [0.2, 0.25) is 0 Å². The van der Waals surface area contributed by atoms with Gasteiger partial charge in [-0.2, -0.15) is 5.10 Å². The number of nitrogens with one attached hydrogen (secondary N) is 1. The molecule has 3 aromatic rings. The van der Waals surface area contributed by atoms with E-state index in [1.807, 2.05) is 24.3 Å². The van der Waals surface area contributed by atoms with Crippen molar-refractivity contribution in [2.24, 2.45) is 5.10 Å². The van der Waals surface area contributed by atoms with Gasteiger partial charge in [-0.05, 0) is 35.9 Å². The Bertz CT molecular complexity index is 1090.